The number of hydrogen-bond donors (Lipinski definition) is 1. The molecule has 4 aromatic heterocycles. The lowest BCUT2D eigenvalue weighted by molar-refractivity contribution is -0.521. The molecule has 0 unspecified atom stereocenters. The van der Waals surface area contributed by atoms with E-state index in [2.05, 4.69) is 4.98 Å². The van der Waals surface area contributed by atoms with Crippen molar-refractivity contribution in [2.24, 2.45) is 0 Å². The Labute approximate surface area is 150 Å². The zero-order valence-corrected chi connectivity index (χ0v) is 14.6. The molecule has 1 N–H and O–H groups in total. The Morgan fingerprint density at radius 1 is 1.38 bits per heavy atom. The van der Waals surface area contributed by atoms with Gasteiger partial charge < -0.3 is 5.11 Å². The molecule has 0 saturated heterocycles. The zero-order valence-electron chi connectivity index (χ0n) is 12.2. The van der Waals surface area contributed by atoms with Gasteiger partial charge in [0.05, 0.1) is 11.1 Å². The number of thiazole rings is 1. The second-order valence-corrected chi connectivity index (χ2v) is 7.59. The summed E-state index contributed by atoms with van der Waals surface area (Å²) in [5.74, 6) is -0.287. The summed E-state index contributed by atoms with van der Waals surface area (Å²) < 4.78 is 3.84. The fourth-order valence-corrected chi connectivity index (χ4v) is 4.21. The summed E-state index contributed by atoms with van der Waals surface area (Å²) in [5, 5.41) is 14.2. The van der Waals surface area contributed by atoms with Gasteiger partial charge in [0, 0.05) is 23.2 Å². The predicted octanol–water partition coefficient (Wildman–Crippen LogP) is 3.38. The lowest BCUT2D eigenvalue weighted by Crippen LogP contribution is -2.19. The highest BCUT2D eigenvalue weighted by Gasteiger charge is 2.32. The second-order valence-electron chi connectivity index (χ2n) is 5.11. The number of pyridine rings is 1. The van der Waals surface area contributed by atoms with Crippen LogP contribution in [0.25, 0.3) is 5.65 Å². The monoisotopic (exact) mass is 376 g/mol. The first kappa shape index (κ1) is 15.3. The van der Waals surface area contributed by atoms with Crippen molar-refractivity contribution in [3.8, 4) is 5.88 Å². The Balaban J connectivity index is 1.92. The van der Waals surface area contributed by atoms with E-state index < -0.39 is 0 Å². The standard InChI is InChI=1S/C16H10ClN3O2S2/c17-16-18-7-11(24-16)8-20-12-3-1-2-5-19(12)15(22)13(20)14(21)10-4-6-23-9-10/h1-7,9H,8H2/p+1. The first-order valence-corrected chi connectivity index (χ1v) is 9.18. The second kappa shape index (κ2) is 6.01. The van der Waals surface area contributed by atoms with E-state index in [9.17, 15) is 9.90 Å². The summed E-state index contributed by atoms with van der Waals surface area (Å²) in [5.41, 5.74) is 1.53. The molecule has 0 atom stereocenters. The van der Waals surface area contributed by atoms with Crippen molar-refractivity contribution in [2.45, 2.75) is 6.54 Å². The Kier molecular flexibility index (Phi) is 3.84. The molecule has 0 aliphatic heterocycles. The van der Waals surface area contributed by atoms with Crippen molar-refractivity contribution < 1.29 is 14.3 Å². The van der Waals surface area contributed by atoms with Gasteiger partial charge in [0.1, 0.15) is 6.54 Å². The molecule has 0 amide bonds. The third-order valence-corrected chi connectivity index (χ3v) is 5.45. The highest BCUT2D eigenvalue weighted by molar-refractivity contribution is 7.15. The lowest BCUT2D eigenvalue weighted by atomic mass is 10.1. The van der Waals surface area contributed by atoms with E-state index in [1.54, 1.807) is 38.9 Å². The van der Waals surface area contributed by atoms with Crippen LogP contribution < -0.4 is 4.40 Å². The smallest absolute Gasteiger partial charge is 0.339 e. The molecule has 4 rings (SSSR count). The topological polar surface area (TPSA) is 59.2 Å². The minimum absolute atomic E-state index is 0.0718. The Morgan fingerprint density at radius 3 is 2.96 bits per heavy atom. The highest BCUT2D eigenvalue weighted by atomic mass is 35.5. The van der Waals surface area contributed by atoms with Crippen LogP contribution in [-0.2, 0) is 6.54 Å². The molecule has 4 aromatic rings. The van der Waals surface area contributed by atoms with Crippen LogP contribution in [0.15, 0.2) is 47.4 Å². The van der Waals surface area contributed by atoms with Crippen molar-refractivity contribution >= 4 is 45.7 Å². The minimum atomic E-state index is -0.215. The number of rotatable bonds is 4. The van der Waals surface area contributed by atoms with E-state index in [0.717, 1.165) is 10.5 Å². The number of carbonyl (C=O) groups excluding carboxylic acids is 1. The first-order valence-electron chi connectivity index (χ1n) is 7.04. The minimum Gasteiger partial charge on any atom is -0.474 e. The molecular weight excluding hydrogens is 366 g/mol. The molecule has 0 radical (unpaired) electrons. The van der Waals surface area contributed by atoms with E-state index in [4.69, 9.17) is 11.6 Å². The number of nitrogens with zero attached hydrogens (tertiary/aromatic N) is 3. The fourth-order valence-electron chi connectivity index (χ4n) is 2.61. The number of thiophene rings is 1. The van der Waals surface area contributed by atoms with Gasteiger partial charge >= 0.3 is 5.88 Å². The summed E-state index contributed by atoms with van der Waals surface area (Å²) in [4.78, 5) is 17.8. The first-order chi connectivity index (χ1) is 11.6. The molecule has 0 saturated carbocycles. The summed E-state index contributed by atoms with van der Waals surface area (Å²) >= 11 is 8.71. The van der Waals surface area contributed by atoms with Crippen LogP contribution in [-0.4, -0.2) is 20.4 Å². The maximum absolute atomic E-state index is 12.9. The molecular formula is C16H11ClN3O2S2+. The van der Waals surface area contributed by atoms with Crippen molar-refractivity contribution in [1.29, 1.82) is 0 Å². The summed E-state index contributed by atoms with van der Waals surface area (Å²) in [7, 11) is 0. The van der Waals surface area contributed by atoms with Crippen LogP contribution in [0.4, 0.5) is 0 Å². The van der Waals surface area contributed by atoms with Gasteiger partial charge in [-0.1, -0.05) is 17.7 Å². The number of carbonyl (C=O) groups is 1. The lowest BCUT2D eigenvalue weighted by Gasteiger charge is -1.99. The van der Waals surface area contributed by atoms with Gasteiger partial charge in [0.2, 0.25) is 5.78 Å². The maximum Gasteiger partial charge on any atom is 0.339 e. The van der Waals surface area contributed by atoms with Crippen LogP contribution in [0.1, 0.15) is 20.9 Å². The van der Waals surface area contributed by atoms with E-state index in [0.29, 0.717) is 16.6 Å². The van der Waals surface area contributed by atoms with Gasteiger partial charge in [-0.3, -0.25) is 4.79 Å². The third kappa shape index (κ3) is 2.50. The summed E-state index contributed by atoms with van der Waals surface area (Å²) in [6.07, 6.45) is 3.41. The molecule has 0 spiro atoms. The van der Waals surface area contributed by atoms with Crippen LogP contribution in [0, 0.1) is 0 Å². The van der Waals surface area contributed by atoms with Crippen LogP contribution in [0.3, 0.4) is 0 Å². The van der Waals surface area contributed by atoms with Crippen molar-refractivity contribution in [3.63, 3.8) is 0 Å². The van der Waals surface area contributed by atoms with E-state index in [-0.39, 0.29) is 17.4 Å². The van der Waals surface area contributed by atoms with E-state index in [1.165, 1.54) is 22.7 Å². The van der Waals surface area contributed by atoms with Gasteiger partial charge in [0.25, 0.3) is 11.3 Å². The Morgan fingerprint density at radius 2 is 2.25 bits per heavy atom. The van der Waals surface area contributed by atoms with Gasteiger partial charge in [-0.25, -0.2) is 9.55 Å². The number of aromatic nitrogens is 3. The average Bonchev–Trinajstić information content (AvgIpc) is 3.30. The fraction of sp³-hybridized carbons (Fsp3) is 0.0625. The van der Waals surface area contributed by atoms with Gasteiger partial charge in [-0.2, -0.15) is 15.7 Å². The number of imidazole rings is 1. The third-order valence-electron chi connectivity index (χ3n) is 3.66. The molecule has 0 fully saturated rings. The van der Waals surface area contributed by atoms with Crippen LogP contribution in [0.5, 0.6) is 5.88 Å². The molecule has 4 heterocycles. The summed E-state index contributed by atoms with van der Waals surface area (Å²) in [6, 6.07) is 7.28. The SMILES string of the molecule is O=C(c1ccsc1)c1c(O)[n+]2ccccc2n1Cc1cnc(Cl)s1. The molecule has 120 valence electrons. The number of hydrogen-bond acceptors (Lipinski definition) is 5. The number of ketones is 1. The molecule has 0 aliphatic rings. The molecule has 8 heteroatoms. The number of halogens is 1. The molecule has 5 nitrogen and oxygen atoms in total. The van der Waals surface area contributed by atoms with Crippen molar-refractivity contribution in [3.05, 3.63) is 68.0 Å². The van der Waals surface area contributed by atoms with Crippen molar-refractivity contribution in [2.75, 3.05) is 0 Å². The number of fused-ring (bicyclic) bond motifs is 1. The molecule has 0 bridgehead atoms. The summed E-state index contributed by atoms with van der Waals surface area (Å²) in [6.45, 7) is 0.406. The Bertz CT molecular complexity index is 1040. The van der Waals surface area contributed by atoms with Crippen LogP contribution in [0.2, 0.25) is 4.47 Å². The van der Waals surface area contributed by atoms with Crippen LogP contribution >= 0.6 is 34.3 Å². The molecule has 0 aliphatic carbocycles. The van der Waals surface area contributed by atoms with Gasteiger partial charge in [0.15, 0.2) is 4.47 Å². The maximum atomic E-state index is 12.9. The van der Waals surface area contributed by atoms with E-state index >= 15 is 0 Å². The van der Waals surface area contributed by atoms with Gasteiger partial charge in [-0.15, -0.1) is 11.3 Å². The average molecular weight is 377 g/mol. The largest absolute Gasteiger partial charge is 0.474 e. The highest BCUT2D eigenvalue weighted by Crippen LogP contribution is 2.25. The predicted molar refractivity (Wildman–Crippen MR) is 93.2 cm³/mol. The van der Waals surface area contributed by atoms with Crippen molar-refractivity contribution in [1.82, 2.24) is 9.55 Å². The quantitative estimate of drug-likeness (QED) is 0.438. The number of aromatic hydroxyl groups is 1. The molecule has 0 aromatic carbocycles. The molecule has 24 heavy (non-hydrogen) atoms. The van der Waals surface area contributed by atoms with Gasteiger partial charge in [-0.05, 0) is 17.5 Å². The zero-order chi connectivity index (χ0) is 16.7. The Hall–Kier alpha value is -2.22. The van der Waals surface area contributed by atoms with E-state index in [1.807, 2.05) is 17.5 Å². The normalized spacial score (nSPS) is 11.2.